The summed E-state index contributed by atoms with van der Waals surface area (Å²) in [6.07, 6.45) is 0. The molecule has 0 saturated heterocycles. The van der Waals surface area contributed by atoms with E-state index in [1.54, 1.807) is 0 Å². The normalized spacial score (nSPS) is 12.6. The number of halogens is 4. The molecule has 0 saturated carbocycles. The van der Waals surface area contributed by atoms with Crippen molar-refractivity contribution in [2.45, 2.75) is 5.63 Å². The molecule has 0 radical (unpaired) electrons. The highest BCUT2D eigenvalue weighted by molar-refractivity contribution is 9.10. The second-order valence-electron chi connectivity index (χ2n) is 2.29. The number of alkyl halides is 2. The minimum atomic E-state index is -2.20. The van der Waals surface area contributed by atoms with Gasteiger partial charge in [-0.3, -0.25) is 4.79 Å². The molecule has 1 nitrogen and oxygen atoms in total. The van der Waals surface area contributed by atoms with Crippen LogP contribution < -0.4 is 0 Å². The monoisotopic (exact) mass is 268 g/mol. The van der Waals surface area contributed by atoms with Gasteiger partial charge in [0.15, 0.2) is 0 Å². The summed E-state index contributed by atoms with van der Waals surface area (Å²) in [5.74, 6) is -1.85. The van der Waals surface area contributed by atoms with E-state index in [1.807, 2.05) is 0 Å². The molecule has 1 aromatic rings. The van der Waals surface area contributed by atoms with Crippen molar-refractivity contribution in [3.63, 3.8) is 0 Å². The lowest BCUT2D eigenvalue weighted by atomic mass is 10.1. The van der Waals surface area contributed by atoms with E-state index in [9.17, 15) is 13.6 Å². The number of ketones is 1. The lowest BCUT2D eigenvalue weighted by molar-refractivity contribution is 0.0930. The van der Waals surface area contributed by atoms with Crippen molar-refractivity contribution in [3.8, 4) is 0 Å². The first-order valence-electron chi connectivity index (χ1n) is 3.30. The van der Waals surface area contributed by atoms with Gasteiger partial charge in [-0.25, -0.2) is 8.78 Å². The highest BCUT2D eigenvalue weighted by atomic mass is 79.9. The first-order chi connectivity index (χ1) is 6.02. The minimum Gasteiger partial charge on any atom is -0.289 e. The standard InChI is InChI=1S/C8H4BrClF2O/c9-4-1-2-6(11)5(3-4)7(13)8(10)12/h1-3,8H. The van der Waals surface area contributed by atoms with Crippen molar-refractivity contribution in [3.05, 3.63) is 34.1 Å². The van der Waals surface area contributed by atoms with Gasteiger partial charge in [-0.15, -0.1) is 0 Å². The molecule has 0 aliphatic carbocycles. The highest BCUT2D eigenvalue weighted by Crippen LogP contribution is 2.18. The molecule has 0 heterocycles. The summed E-state index contributed by atoms with van der Waals surface area (Å²) in [6.45, 7) is 0. The first-order valence-corrected chi connectivity index (χ1v) is 4.52. The zero-order chi connectivity index (χ0) is 10.0. The minimum absolute atomic E-state index is 0.350. The smallest absolute Gasteiger partial charge is 0.235 e. The SMILES string of the molecule is O=C(c1cc(Br)ccc1F)C(F)Cl. The van der Waals surface area contributed by atoms with Crippen LogP contribution in [-0.4, -0.2) is 11.4 Å². The molecule has 0 spiro atoms. The number of Topliss-reactive ketones (excluding diaryl/α,β-unsaturated/α-hetero) is 1. The van der Waals surface area contributed by atoms with Crippen LogP contribution in [0.5, 0.6) is 0 Å². The van der Waals surface area contributed by atoms with Gasteiger partial charge in [0.2, 0.25) is 11.4 Å². The van der Waals surface area contributed by atoms with Crippen molar-refractivity contribution < 1.29 is 13.6 Å². The van der Waals surface area contributed by atoms with Crippen LogP contribution in [0, 0.1) is 5.82 Å². The Morgan fingerprint density at radius 2 is 2.15 bits per heavy atom. The van der Waals surface area contributed by atoms with Crippen LogP contribution in [0.2, 0.25) is 0 Å². The Labute approximate surface area is 86.8 Å². The summed E-state index contributed by atoms with van der Waals surface area (Å²) < 4.78 is 25.7. The van der Waals surface area contributed by atoms with Gasteiger partial charge in [0, 0.05) is 4.47 Å². The van der Waals surface area contributed by atoms with E-state index in [-0.39, 0.29) is 5.56 Å². The predicted molar refractivity (Wildman–Crippen MR) is 49.2 cm³/mol. The summed E-state index contributed by atoms with van der Waals surface area (Å²) in [7, 11) is 0. The molecule has 5 heteroatoms. The van der Waals surface area contributed by atoms with E-state index in [0.717, 1.165) is 6.07 Å². The van der Waals surface area contributed by atoms with Gasteiger partial charge in [-0.2, -0.15) is 0 Å². The maximum Gasteiger partial charge on any atom is 0.235 e. The molecule has 0 aliphatic rings. The third kappa shape index (κ3) is 2.48. The summed E-state index contributed by atoms with van der Waals surface area (Å²) >= 11 is 7.92. The summed E-state index contributed by atoms with van der Waals surface area (Å²) in [4.78, 5) is 10.9. The number of carbonyl (C=O) groups is 1. The van der Waals surface area contributed by atoms with Crippen LogP contribution in [0.15, 0.2) is 22.7 Å². The van der Waals surface area contributed by atoms with Gasteiger partial charge in [-0.1, -0.05) is 27.5 Å². The average molecular weight is 269 g/mol. The van der Waals surface area contributed by atoms with Crippen molar-refractivity contribution in [2.75, 3.05) is 0 Å². The largest absolute Gasteiger partial charge is 0.289 e. The Hall–Kier alpha value is -0.480. The fourth-order valence-electron chi connectivity index (χ4n) is 0.804. The molecule has 0 N–H and O–H groups in total. The van der Waals surface area contributed by atoms with E-state index < -0.39 is 17.2 Å². The molecular weight excluding hydrogens is 265 g/mol. The number of benzene rings is 1. The molecule has 1 aromatic carbocycles. The quantitative estimate of drug-likeness (QED) is 0.595. The van der Waals surface area contributed by atoms with E-state index in [1.165, 1.54) is 12.1 Å². The molecule has 1 unspecified atom stereocenters. The zero-order valence-electron chi connectivity index (χ0n) is 6.23. The molecule has 13 heavy (non-hydrogen) atoms. The van der Waals surface area contributed by atoms with Crippen LogP contribution in [0.3, 0.4) is 0 Å². The van der Waals surface area contributed by atoms with Crippen LogP contribution in [0.25, 0.3) is 0 Å². The van der Waals surface area contributed by atoms with E-state index in [2.05, 4.69) is 15.9 Å². The zero-order valence-corrected chi connectivity index (χ0v) is 8.57. The fraction of sp³-hybridized carbons (Fsp3) is 0.125. The van der Waals surface area contributed by atoms with Gasteiger partial charge < -0.3 is 0 Å². The molecule has 1 atom stereocenters. The molecule has 0 amide bonds. The summed E-state index contributed by atoms with van der Waals surface area (Å²) in [5, 5.41) is 0. The molecule has 0 aromatic heterocycles. The lowest BCUT2D eigenvalue weighted by Gasteiger charge is -2.02. The molecule has 70 valence electrons. The Kier molecular flexibility index (Phi) is 3.39. The van der Waals surface area contributed by atoms with Crippen molar-refractivity contribution in [2.24, 2.45) is 0 Å². The van der Waals surface area contributed by atoms with Crippen molar-refractivity contribution >= 4 is 33.3 Å². The van der Waals surface area contributed by atoms with Gasteiger partial charge in [0.1, 0.15) is 5.82 Å². The van der Waals surface area contributed by atoms with Gasteiger partial charge in [-0.05, 0) is 18.2 Å². The molecule has 0 fully saturated rings. The Balaban J connectivity index is 3.13. The average Bonchev–Trinajstić information content (AvgIpc) is 2.08. The number of hydrogen-bond acceptors (Lipinski definition) is 1. The first kappa shape index (κ1) is 10.6. The van der Waals surface area contributed by atoms with Gasteiger partial charge >= 0.3 is 0 Å². The Morgan fingerprint density at radius 1 is 1.54 bits per heavy atom. The van der Waals surface area contributed by atoms with E-state index in [0.29, 0.717) is 4.47 Å². The van der Waals surface area contributed by atoms with Crippen LogP contribution in [-0.2, 0) is 0 Å². The van der Waals surface area contributed by atoms with Gasteiger partial charge in [0.25, 0.3) is 0 Å². The molecule has 0 aliphatic heterocycles. The van der Waals surface area contributed by atoms with Crippen LogP contribution >= 0.6 is 27.5 Å². The molecule has 1 rings (SSSR count). The van der Waals surface area contributed by atoms with E-state index >= 15 is 0 Å². The summed E-state index contributed by atoms with van der Waals surface area (Å²) in [6, 6.07) is 3.66. The lowest BCUT2D eigenvalue weighted by Crippen LogP contribution is -2.11. The van der Waals surface area contributed by atoms with Crippen molar-refractivity contribution in [1.29, 1.82) is 0 Å². The topological polar surface area (TPSA) is 17.1 Å². The highest BCUT2D eigenvalue weighted by Gasteiger charge is 2.19. The fourth-order valence-corrected chi connectivity index (χ4v) is 1.28. The number of hydrogen-bond donors (Lipinski definition) is 0. The third-order valence-corrected chi connectivity index (χ3v) is 2.08. The maximum absolute atomic E-state index is 12.9. The summed E-state index contributed by atoms with van der Waals surface area (Å²) in [5.41, 5.74) is -2.55. The molecule has 0 bridgehead atoms. The van der Waals surface area contributed by atoms with Gasteiger partial charge in [0.05, 0.1) is 5.56 Å². The second kappa shape index (κ2) is 4.15. The Bertz CT molecular complexity index is 341. The number of carbonyl (C=O) groups excluding carboxylic acids is 1. The van der Waals surface area contributed by atoms with Crippen LogP contribution in [0.1, 0.15) is 10.4 Å². The Morgan fingerprint density at radius 3 is 2.69 bits per heavy atom. The van der Waals surface area contributed by atoms with E-state index in [4.69, 9.17) is 11.6 Å². The van der Waals surface area contributed by atoms with Crippen LogP contribution in [0.4, 0.5) is 8.78 Å². The third-order valence-electron chi connectivity index (χ3n) is 1.39. The predicted octanol–water partition coefficient (Wildman–Crippen LogP) is 3.31. The number of rotatable bonds is 2. The van der Waals surface area contributed by atoms with Crippen molar-refractivity contribution in [1.82, 2.24) is 0 Å². The molecular formula is C8H4BrClF2O. The maximum atomic E-state index is 12.9. The second-order valence-corrected chi connectivity index (χ2v) is 3.59.